The van der Waals surface area contributed by atoms with Gasteiger partial charge in [-0.15, -0.1) is 0 Å². The van der Waals surface area contributed by atoms with Crippen LogP contribution in [-0.2, 0) is 13.9 Å². The zero-order valence-corrected chi connectivity index (χ0v) is 15.1. The first kappa shape index (κ1) is 18.0. The predicted molar refractivity (Wildman–Crippen MR) is 93.8 cm³/mol. The first-order chi connectivity index (χ1) is 14.3. The van der Waals surface area contributed by atoms with Gasteiger partial charge in [-0.25, -0.2) is 4.57 Å². The number of rotatable bonds is 2. The zero-order chi connectivity index (χ0) is 21.2. The lowest BCUT2D eigenvalue weighted by atomic mass is 10.1. The van der Waals surface area contributed by atoms with Gasteiger partial charge >= 0.3 is 7.82 Å². The number of hydrogen-bond acceptors (Lipinski definition) is 13. The van der Waals surface area contributed by atoms with Crippen LogP contribution in [0.1, 0.15) is 0 Å². The second kappa shape index (κ2) is 5.94. The van der Waals surface area contributed by atoms with Crippen molar-refractivity contribution < 1.29 is 47.9 Å². The number of phosphoric acid groups is 1. The Hall–Kier alpha value is -4.11. The van der Waals surface area contributed by atoms with Crippen LogP contribution in [0, 0.1) is 11.5 Å². The molecule has 152 valence electrons. The van der Waals surface area contributed by atoms with Crippen LogP contribution in [0.5, 0.6) is 34.5 Å². The summed E-state index contributed by atoms with van der Waals surface area (Å²) in [4.78, 5) is 22.9. The highest BCUT2D eigenvalue weighted by Gasteiger charge is 2.45. The number of anilines is 1. The second-order valence-corrected chi connectivity index (χ2v) is 7.35. The van der Waals surface area contributed by atoms with Crippen molar-refractivity contribution in [3.8, 4) is 52.0 Å². The molecule has 0 fully saturated rings. The lowest BCUT2D eigenvalue weighted by Crippen LogP contribution is -2.11. The minimum Gasteiger partial charge on any atom is -0.504 e. The number of hydrogen-bond donors (Lipinski definition) is 4. The Morgan fingerprint density at radius 3 is 2.47 bits per heavy atom. The Kier molecular flexibility index (Phi) is 3.56. The molecule has 0 saturated carbocycles. The van der Waals surface area contributed by atoms with E-state index in [9.17, 15) is 24.7 Å². The van der Waals surface area contributed by atoms with E-state index >= 15 is 0 Å². The Morgan fingerprint density at radius 1 is 1.03 bits per heavy atom. The first-order valence-electron chi connectivity index (χ1n) is 7.92. The molecule has 4 N–H and O–H groups in total. The van der Waals surface area contributed by atoms with E-state index in [0.29, 0.717) is 0 Å². The average molecular weight is 434 g/mol. The molecule has 5 aliphatic heterocycles. The van der Waals surface area contributed by atoms with Gasteiger partial charge in [0.2, 0.25) is 16.9 Å². The molecule has 2 aromatic carbocycles. The SMILES string of the molecule is N#CNc1c(O)c2c3oc(-c4ccc(O)c(O)c4)c4c(=O)c3c1OOP(=O)(OO4)O2. The fourth-order valence-corrected chi connectivity index (χ4v) is 3.74. The normalized spacial score (nSPS) is 18.6. The summed E-state index contributed by atoms with van der Waals surface area (Å²) in [6, 6.07) is 3.46. The molecular weight excluding hydrogens is 427 g/mol. The average Bonchev–Trinajstić information content (AvgIpc) is 2.81. The first-order valence-corrected chi connectivity index (χ1v) is 9.38. The van der Waals surface area contributed by atoms with Crippen LogP contribution < -0.4 is 25.0 Å². The highest BCUT2D eigenvalue weighted by Crippen LogP contribution is 2.61. The van der Waals surface area contributed by atoms with Crippen molar-refractivity contribution in [1.29, 1.82) is 5.26 Å². The number of aromatic hydroxyl groups is 3. The molecule has 5 aliphatic rings. The van der Waals surface area contributed by atoms with Gasteiger partial charge in [0.15, 0.2) is 34.8 Å². The van der Waals surface area contributed by atoms with E-state index in [-0.39, 0.29) is 16.7 Å². The van der Waals surface area contributed by atoms with E-state index < -0.39 is 59.0 Å². The third-order valence-electron chi connectivity index (χ3n) is 4.23. The maximum absolute atomic E-state index is 13.2. The molecule has 30 heavy (non-hydrogen) atoms. The van der Waals surface area contributed by atoms with Gasteiger partial charge in [0.1, 0.15) is 11.1 Å². The van der Waals surface area contributed by atoms with Gasteiger partial charge < -0.3 is 34.0 Å². The molecule has 0 radical (unpaired) electrons. The highest BCUT2D eigenvalue weighted by atomic mass is 31.2. The molecule has 8 rings (SSSR count). The minimum absolute atomic E-state index is 0.0481. The fourth-order valence-electron chi connectivity index (χ4n) is 2.93. The van der Waals surface area contributed by atoms with Crippen molar-refractivity contribution in [2.45, 2.75) is 0 Å². The zero-order valence-electron chi connectivity index (χ0n) is 14.2. The number of nitrogens with one attached hydrogen (secondary N) is 1. The molecule has 1 atom stereocenters. The van der Waals surface area contributed by atoms with E-state index in [2.05, 4.69) is 14.7 Å². The summed E-state index contributed by atoms with van der Waals surface area (Å²) in [5.74, 6) is -3.90. The van der Waals surface area contributed by atoms with Crippen LogP contribution in [0.25, 0.3) is 22.3 Å². The molecule has 6 bridgehead atoms. The standard InChI is InChI=1S/C16H7N2O11P/c17-4-18-9-11(22)16-14-8-10(21)15(26-29-30(23,27-16)28-25-13(8)9)12(24-14)5-1-2-6(19)7(20)3-5/h1-3,18-20,22H. The fraction of sp³-hybridized carbons (Fsp3) is 0. The molecule has 13 nitrogen and oxygen atoms in total. The van der Waals surface area contributed by atoms with Gasteiger partial charge in [-0.2, -0.15) is 5.26 Å². The van der Waals surface area contributed by atoms with Gasteiger partial charge in [-0.05, 0) is 18.2 Å². The topological polar surface area (TPSA) is 190 Å². The van der Waals surface area contributed by atoms with Crippen LogP contribution in [0.4, 0.5) is 5.69 Å². The van der Waals surface area contributed by atoms with E-state index in [0.717, 1.165) is 12.1 Å². The van der Waals surface area contributed by atoms with E-state index in [1.54, 1.807) is 6.19 Å². The van der Waals surface area contributed by atoms with E-state index in [4.69, 9.17) is 24.0 Å². The van der Waals surface area contributed by atoms with E-state index in [1.165, 1.54) is 6.07 Å². The molecule has 1 aromatic heterocycles. The van der Waals surface area contributed by atoms with Crippen molar-refractivity contribution in [2.24, 2.45) is 0 Å². The summed E-state index contributed by atoms with van der Waals surface area (Å²) in [6.07, 6.45) is 1.54. The van der Waals surface area contributed by atoms with Crippen LogP contribution in [0.3, 0.4) is 0 Å². The number of phenols is 3. The Balaban J connectivity index is 1.95. The molecule has 0 aliphatic carbocycles. The van der Waals surface area contributed by atoms with E-state index in [1.807, 2.05) is 0 Å². The largest absolute Gasteiger partial charge is 0.604 e. The molecule has 0 saturated heterocycles. The number of benzene rings is 2. The lowest BCUT2D eigenvalue weighted by molar-refractivity contribution is -0.184. The summed E-state index contributed by atoms with van der Waals surface area (Å²) in [7, 11) is -4.69. The molecule has 1 unspecified atom stereocenters. The van der Waals surface area contributed by atoms with Crippen molar-refractivity contribution in [2.75, 3.05) is 5.32 Å². The van der Waals surface area contributed by atoms with Gasteiger partial charge in [0, 0.05) is 5.56 Å². The highest BCUT2D eigenvalue weighted by molar-refractivity contribution is 7.48. The Bertz CT molecular complexity index is 1410. The molecule has 3 aromatic rings. The van der Waals surface area contributed by atoms with Crippen LogP contribution in [0.2, 0.25) is 0 Å². The summed E-state index contributed by atoms with van der Waals surface area (Å²) in [5, 5.41) is 40.5. The molecule has 6 heterocycles. The maximum atomic E-state index is 13.2. The smallest absolute Gasteiger partial charge is 0.504 e. The number of fused-ring (bicyclic) bond motifs is 2. The molecular formula is C16H7N2O11P. The second-order valence-electron chi connectivity index (χ2n) is 5.97. The van der Waals surface area contributed by atoms with Gasteiger partial charge in [-0.3, -0.25) is 10.1 Å². The van der Waals surface area contributed by atoms with Crippen LogP contribution >= 0.6 is 7.82 Å². The van der Waals surface area contributed by atoms with Crippen LogP contribution in [0.15, 0.2) is 27.4 Å². The van der Waals surface area contributed by atoms with Gasteiger partial charge in [-0.1, -0.05) is 9.35 Å². The van der Waals surface area contributed by atoms with Crippen LogP contribution in [-0.4, -0.2) is 15.3 Å². The van der Waals surface area contributed by atoms with Gasteiger partial charge in [0.25, 0.3) is 5.75 Å². The quantitative estimate of drug-likeness (QED) is 0.151. The molecule has 14 heteroatoms. The van der Waals surface area contributed by atoms with Crippen molar-refractivity contribution in [3.63, 3.8) is 0 Å². The number of nitrogens with zero attached hydrogens (tertiary/aromatic N) is 1. The predicted octanol–water partition coefficient (Wildman–Crippen LogP) is 2.60. The molecule has 0 amide bonds. The van der Waals surface area contributed by atoms with Crippen molar-refractivity contribution >= 4 is 24.5 Å². The third-order valence-corrected chi connectivity index (χ3v) is 5.15. The number of phenolic OH excluding ortho intramolecular Hbond substituents is 3. The van der Waals surface area contributed by atoms with Gasteiger partial charge in [0.05, 0.1) is 0 Å². The monoisotopic (exact) mass is 434 g/mol. The molecule has 0 spiro atoms. The number of nitriles is 1. The summed E-state index contributed by atoms with van der Waals surface area (Å²) in [5.41, 5.74) is -1.73. The van der Waals surface area contributed by atoms with Crippen molar-refractivity contribution in [3.05, 3.63) is 28.4 Å². The minimum atomic E-state index is -4.69. The summed E-state index contributed by atoms with van der Waals surface area (Å²) >= 11 is 0. The Labute approximate surface area is 164 Å². The lowest BCUT2D eigenvalue weighted by Gasteiger charge is -2.21. The maximum Gasteiger partial charge on any atom is 0.604 e. The Morgan fingerprint density at radius 2 is 1.77 bits per heavy atom. The third kappa shape index (κ3) is 2.36. The summed E-state index contributed by atoms with van der Waals surface area (Å²) in [6.45, 7) is 0. The van der Waals surface area contributed by atoms with Crippen molar-refractivity contribution in [1.82, 2.24) is 0 Å². The summed E-state index contributed by atoms with van der Waals surface area (Å²) < 4.78 is 32.7.